The summed E-state index contributed by atoms with van der Waals surface area (Å²) < 4.78 is 42.9. The number of hydrogen-bond donors (Lipinski definition) is 0. The highest BCUT2D eigenvalue weighted by Crippen LogP contribution is 2.42. The van der Waals surface area contributed by atoms with Crippen molar-refractivity contribution in [1.82, 2.24) is 14.3 Å². The van der Waals surface area contributed by atoms with Gasteiger partial charge in [0.1, 0.15) is 0 Å². The molecule has 3 heterocycles. The lowest BCUT2D eigenvalue weighted by Crippen LogP contribution is -2.34. The Bertz CT molecular complexity index is 1260. The number of halogens is 3. The van der Waals surface area contributed by atoms with E-state index in [9.17, 15) is 18.0 Å². The largest absolute Gasteiger partial charge is 0.419 e. The molecule has 1 aliphatic carbocycles. The molecule has 180 valence electrons. The van der Waals surface area contributed by atoms with Crippen LogP contribution in [0.2, 0.25) is 0 Å². The van der Waals surface area contributed by atoms with Crippen LogP contribution in [-0.4, -0.2) is 27.4 Å². The summed E-state index contributed by atoms with van der Waals surface area (Å²) in [4.78, 5) is 19.8. The maximum atomic E-state index is 13.9. The van der Waals surface area contributed by atoms with Gasteiger partial charge in [-0.1, -0.05) is 38.1 Å². The van der Waals surface area contributed by atoms with Crippen molar-refractivity contribution >= 4 is 5.65 Å². The Morgan fingerprint density at radius 2 is 1.91 bits per heavy atom. The van der Waals surface area contributed by atoms with Crippen molar-refractivity contribution in [3.05, 3.63) is 69.8 Å². The highest BCUT2D eigenvalue weighted by atomic mass is 19.4. The van der Waals surface area contributed by atoms with Gasteiger partial charge in [0.2, 0.25) is 0 Å². The van der Waals surface area contributed by atoms with E-state index in [0.29, 0.717) is 41.0 Å². The number of hydrogen-bond acceptors (Lipinski definition) is 3. The molecule has 0 unspecified atom stereocenters. The van der Waals surface area contributed by atoms with Crippen LogP contribution < -0.4 is 5.56 Å². The van der Waals surface area contributed by atoms with Crippen LogP contribution in [0.25, 0.3) is 16.8 Å². The van der Waals surface area contributed by atoms with Crippen LogP contribution in [0.5, 0.6) is 0 Å². The van der Waals surface area contributed by atoms with Crippen molar-refractivity contribution in [2.24, 2.45) is 11.8 Å². The Kier molecular flexibility index (Phi) is 6.00. The van der Waals surface area contributed by atoms with E-state index >= 15 is 0 Å². The first-order valence-electron chi connectivity index (χ1n) is 12.1. The van der Waals surface area contributed by atoms with Crippen molar-refractivity contribution in [1.29, 1.82) is 0 Å². The second-order valence-electron chi connectivity index (χ2n) is 10.3. The molecule has 0 bridgehead atoms. The maximum absolute atomic E-state index is 13.9. The summed E-state index contributed by atoms with van der Waals surface area (Å²) in [7, 11) is 0. The van der Waals surface area contributed by atoms with Crippen LogP contribution in [0.4, 0.5) is 13.2 Å². The van der Waals surface area contributed by atoms with Gasteiger partial charge in [-0.25, -0.2) is 4.98 Å². The van der Waals surface area contributed by atoms with Gasteiger partial charge in [-0.3, -0.25) is 14.1 Å². The molecule has 2 aromatic heterocycles. The van der Waals surface area contributed by atoms with Gasteiger partial charge < -0.3 is 0 Å². The Morgan fingerprint density at radius 3 is 2.62 bits per heavy atom. The predicted octanol–water partition coefficient (Wildman–Crippen LogP) is 6.13. The van der Waals surface area contributed by atoms with E-state index in [1.807, 2.05) is 18.2 Å². The molecule has 7 heteroatoms. The lowest BCUT2D eigenvalue weighted by Gasteiger charge is -2.33. The maximum Gasteiger partial charge on any atom is 0.419 e. The van der Waals surface area contributed by atoms with E-state index in [1.54, 1.807) is 6.20 Å². The first-order valence-corrected chi connectivity index (χ1v) is 12.1. The zero-order chi connectivity index (χ0) is 24.0. The van der Waals surface area contributed by atoms with Crippen LogP contribution >= 0.6 is 0 Å². The number of fused-ring (bicyclic) bond motifs is 1. The van der Waals surface area contributed by atoms with Crippen molar-refractivity contribution < 1.29 is 13.2 Å². The Balaban J connectivity index is 1.57. The fourth-order valence-corrected chi connectivity index (χ4v) is 5.56. The van der Waals surface area contributed by atoms with Gasteiger partial charge in [-0.2, -0.15) is 13.2 Å². The molecular formula is C27H30F3N3O. The summed E-state index contributed by atoms with van der Waals surface area (Å²) in [6.45, 7) is 6.46. The van der Waals surface area contributed by atoms with E-state index in [0.717, 1.165) is 49.2 Å². The van der Waals surface area contributed by atoms with Gasteiger partial charge in [0.25, 0.3) is 5.56 Å². The summed E-state index contributed by atoms with van der Waals surface area (Å²) in [5, 5.41) is 0. The number of benzene rings is 1. The molecule has 3 aromatic rings. The average Bonchev–Trinajstić information content (AvgIpc) is 2.76. The van der Waals surface area contributed by atoms with E-state index in [4.69, 9.17) is 0 Å². The second-order valence-corrected chi connectivity index (χ2v) is 10.3. The molecule has 5 rings (SSSR count). The molecule has 0 N–H and O–H groups in total. The predicted molar refractivity (Wildman–Crippen MR) is 127 cm³/mol. The summed E-state index contributed by atoms with van der Waals surface area (Å²) in [5.41, 5.74) is 0.993. The molecule has 1 aromatic carbocycles. The molecule has 0 spiro atoms. The first-order chi connectivity index (χ1) is 16.2. The molecule has 2 fully saturated rings. The number of aromatic nitrogens is 2. The minimum Gasteiger partial charge on any atom is -0.299 e. The zero-order valence-corrected chi connectivity index (χ0v) is 19.6. The molecule has 34 heavy (non-hydrogen) atoms. The topological polar surface area (TPSA) is 37.6 Å². The van der Waals surface area contributed by atoms with Gasteiger partial charge in [0, 0.05) is 25.5 Å². The molecule has 1 atom stereocenters. The monoisotopic (exact) mass is 469 g/mol. The number of nitrogens with zero attached hydrogens (tertiary/aromatic N) is 3. The summed E-state index contributed by atoms with van der Waals surface area (Å²) >= 11 is 0. The third-order valence-electron chi connectivity index (χ3n) is 7.35. The fourth-order valence-electron chi connectivity index (χ4n) is 5.56. The molecule has 0 radical (unpaired) electrons. The highest BCUT2D eigenvalue weighted by molar-refractivity contribution is 5.65. The normalized spacial score (nSPS) is 23.7. The second kappa shape index (κ2) is 8.84. The summed E-state index contributed by atoms with van der Waals surface area (Å²) in [6.07, 6.45) is 2.63. The van der Waals surface area contributed by atoms with Crippen LogP contribution in [-0.2, 0) is 12.7 Å². The number of likely N-dealkylation sites (tertiary alicyclic amines) is 1. The van der Waals surface area contributed by atoms with Crippen LogP contribution in [0.3, 0.4) is 0 Å². The van der Waals surface area contributed by atoms with E-state index in [2.05, 4.69) is 29.8 Å². The van der Waals surface area contributed by atoms with Gasteiger partial charge in [-0.15, -0.1) is 0 Å². The molecule has 1 saturated carbocycles. The molecule has 2 aliphatic rings. The fraction of sp³-hybridized carbons (Fsp3) is 0.481. The van der Waals surface area contributed by atoms with Gasteiger partial charge >= 0.3 is 6.18 Å². The minimum absolute atomic E-state index is 0.323. The number of pyridine rings is 1. The van der Waals surface area contributed by atoms with Crippen molar-refractivity contribution in [3.63, 3.8) is 0 Å². The zero-order valence-electron chi connectivity index (χ0n) is 19.6. The lowest BCUT2D eigenvalue weighted by atomic mass is 9.72. The van der Waals surface area contributed by atoms with Gasteiger partial charge in [0.05, 0.1) is 11.1 Å². The van der Waals surface area contributed by atoms with Crippen molar-refractivity contribution in [2.45, 2.75) is 58.2 Å². The molecule has 1 aliphatic heterocycles. The SMILES string of the molecule is C[C@H]1CCCN(Cc2cc(C(F)(F)F)c3ncc(-c4cccc([C@H]5C[C@H](C)C5)c4)c(=O)n3c2)C1. The van der Waals surface area contributed by atoms with Crippen LogP contribution in [0.1, 0.15) is 62.1 Å². The Hall–Kier alpha value is -2.67. The number of alkyl halides is 3. The smallest absolute Gasteiger partial charge is 0.299 e. The molecule has 1 saturated heterocycles. The molecular weight excluding hydrogens is 439 g/mol. The average molecular weight is 470 g/mol. The Labute approximate surface area is 197 Å². The van der Waals surface area contributed by atoms with Gasteiger partial charge in [0.15, 0.2) is 5.65 Å². The van der Waals surface area contributed by atoms with Crippen LogP contribution in [0, 0.1) is 11.8 Å². The van der Waals surface area contributed by atoms with Crippen molar-refractivity contribution in [3.8, 4) is 11.1 Å². The minimum atomic E-state index is -4.60. The number of rotatable bonds is 4. The number of piperidine rings is 1. The summed E-state index contributed by atoms with van der Waals surface area (Å²) in [6, 6.07) is 8.95. The van der Waals surface area contributed by atoms with Crippen molar-refractivity contribution in [2.75, 3.05) is 13.1 Å². The quantitative estimate of drug-likeness (QED) is 0.462. The molecule has 0 amide bonds. The van der Waals surface area contributed by atoms with E-state index in [-0.39, 0.29) is 5.65 Å². The summed E-state index contributed by atoms with van der Waals surface area (Å²) in [5.74, 6) is 1.68. The van der Waals surface area contributed by atoms with E-state index in [1.165, 1.54) is 11.8 Å². The first kappa shape index (κ1) is 23.1. The van der Waals surface area contributed by atoms with Gasteiger partial charge in [-0.05, 0) is 72.7 Å². The Morgan fingerprint density at radius 1 is 1.12 bits per heavy atom. The van der Waals surface area contributed by atoms with E-state index < -0.39 is 17.3 Å². The third-order valence-corrected chi connectivity index (χ3v) is 7.35. The highest BCUT2D eigenvalue weighted by Gasteiger charge is 2.35. The third kappa shape index (κ3) is 4.50. The lowest BCUT2D eigenvalue weighted by molar-refractivity contribution is -0.136. The standard InChI is InChI=1S/C27H30F3N3O/c1-17-5-4-8-32(14-17)15-19-11-24(27(28,29)30)25-31-13-23(26(34)33(25)16-19)21-7-3-6-20(12-21)22-9-18(2)10-22/h3,6-7,11-13,16-18,22H,4-5,8-10,14-15H2,1-2H3/t17-,18-,22-/m0/s1. The molecule has 4 nitrogen and oxygen atoms in total. The van der Waals surface area contributed by atoms with Crippen LogP contribution in [0.15, 0.2) is 47.5 Å².